The first-order chi connectivity index (χ1) is 9.45. The smallest absolute Gasteiger partial charge is 0.201 e. The summed E-state index contributed by atoms with van der Waals surface area (Å²) in [4.78, 5) is 12.5. The van der Waals surface area contributed by atoms with Crippen LogP contribution in [0.3, 0.4) is 0 Å². The number of rotatable bonds is 3. The third-order valence-corrected chi connectivity index (χ3v) is 3.56. The Bertz CT molecular complexity index is 680. The Kier molecular flexibility index (Phi) is 4.09. The normalized spacial score (nSPS) is 10.4. The highest BCUT2D eigenvalue weighted by molar-refractivity contribution is 6.35. The standard InChI is InChI=1S/C16H14ClFO2/c1-9-7-11(12(17)8-10(9)2)16(19)15-13(18)5-4-6-14(15)20-3/h4-8H,1-3H3. The SMILES string of the molecule is COc1cccc(F)c1C(=O)c1cc(C)c(C)cc1Cl. The number of methoxy groups -OCH3 is 1. The van der Waals surface area contributed by atoms with Crippen molar-refractivity contribution in [1.29, 1.82) is 0 Å². The molecule has 0 saturated carbocycles. The van der Waals surface area contributed by atoms with Crippen molar-refractivity contribution in [3.8, 4) is 5.75 Å². The predicted octanol–water partition coefficient (Wildman–Crippen LogP) is 4.34. The minimum atomic E-state index is -0.622. The van der Waals surface area contributed by atoms with Gasteiger partial charge in [-0.3, -0.25) is 4.79 Å². The number of ketones is 1. The fourth-order valence-corrected chi connectivity index (χ4v) is 2.29. The van der Waals surface area contributed by atoms with Gasteiger partial charge in [0.05, 0.1) is 12.1 Å². The van der Waals surface area contributed by atoms with Crippen LogP contribution in [-0.2, 0) is 0 Å². The maximum Gasteiger partial charge on any atom is 0.201 e. The second-order valence-corrected chi connectivity index (χ2v) is 4.97. The summed E-state index contributed by atoms with van der Waals surface area (Å²) in [6.07, 6.45) is 0. The first-order valence-electron chi connectivity index (χ1n) is 6.09. The van der Waals surface area contributed by atoms with Gasteiger partial charge in [-0.1, -0.05) is 17.7 Å². The molecule has 0 saturated heterocycles. The molecular weight excluding hydrogens is 279 g/mol. The second-order valence-electron chi connectivity index (χ2n) is 4.56. The number of ether oxygens (including phenoxy) is 1. The molecule has 20 heavy (non-hydrogen) atoms. The number of carbonyl (C=O) groups is 1. The number of benzene rings is 2. The Hall–Kier alpha value is -1.87. The van der Waals surface area contributed by atoms with Crippen LogP contribution in [0.25, 0.3) is 0 Å². The molecule has 2 rings (SSSR count). The lowest BCUT2D eigenvalue weighted by Crippen LogP contribution is -2.08. The van der Waals surface area contributed by atoms with Crippen LogP contribution in [0.4, 0.5) is 4.39 Å². The van der Waals surface area contributed by atoms with Crippen molar-refractivity contribution in [3.05, 3.63) is 63.4 Å². The van der Waals surface area contributed by atoms with Crippen molar-refractivity contribution < 1.29 is 13.9 Å². The Labute approximate surface area is 122 Å². The quantitative estimate of drug-likeness (QED) is 0.787. The molecule has 104 valence electrons. The molecule has 0 fully saturated rings. The molecule has 0 aliphatic carbocycles. The highest BCUT2D eigenvalue weighted by atomic mass is 35.5. The van der Waals surface area contributed by atoms with E-state index in [1.54, 1.807) is 18.2 Å². The average Bonchev–Trinajstić information content (AvgIpc) is 2.41. The summed E-state index contributed by atoms with van der Waals surface area (Å²) in [6, 6.07) is 7.65. The summed E-state index contributed by atoms with van der Waals surface area (Å²) in [7, 11) is 1.40. The van der Waals surface area contributed by atoms with Gasteiger partial charge in [-0.05, 0) is 49.2 Å². The van der Waals surface area contributed by atoms with Gasteiger partial charge in [-0.25, -0.2) is 4.39 Å². The molecule has 2 aromatic carbocycles. The molecule has 2 aromatic rings. The fraction of sp³-hybridized carbons (Fsp3) is 0.188. The van der Waals surface area contributed by atoms with Crippen molar-refractivity contribution in [2.24, 2.45) is 0 Å². The van der Waals surface area contributed by atoms with Crippen molar-refractivity contribution in [3.63, 3.8) is 0 Å². The van der Waals surface area contributed by atoms with E-state index < -0.39 is 11.6 Å². The van der Waals surface area contributed by atoms with Gasteiger partial charge in [0.15, 0.2) is 0 Å². The Morgan fingerprint density at radius 2 is 1.85 bits per heavy atom. The summed E-state index contributed by atoms with van der Waals surface area (Å²) < 4.78 is 19.0. The van der Waals surface area contributed by atoms with Gasteiger partial charge < -0.3 is 4.74 Å². The van der Waals surface area contributed by atoms with Gasteiger partial charge in [0.2, 0.25) is 5.78 Å². The lowest BCUT2D eigenvalue weighted by Gasteiger charge is -2.11. The lowest BCUT2D eigenvalue weighted by molar-refractivity contribution is 0.103. The number of hydrogen-bond donors (Lipinski definition) is 0. The van der Waals surface area contributed by atoms with Gasteiger partial charge in [-0.15, -0.1) is 0 Å². The monoisotopic (exact) mass is 292 g/mol. The van der Waals surface area contributed by atoms with E-state index in [9.17, 15) is 9.18 Å². The Balaban J connectivity index is 2.61. The molecule has 0 aromatic heterocycles. The molecule has 0 heterocycles. The van der Waals surface area contributed by atoms with E-state index in [1.165, 1.54) is 19.2 Å². The van der Waals surface area contributed by atoms with Crippen LogP contribution < -0.4 is 4.74 Å². The molecule has 0 atom stereocenters. The molecule has 2 nitrogen and oxygen atoms in total. The zero-order valence-electron chi connectivity index (χ0n) is 11.5. The highest BCUT2D eigenvalue weighted by Gasteiger charge is 2.21. The van der Waals surface area contributed by atoms with Gasteiger partial charge >= 0.3 is 0 Å². The molecule has 0 spiro atoms. The van der Waals surface area contributed by atoms with E-state index in [4.69, 9.17) is 16.3 Å². The summed E-state index contributed by atoms with van der Waals surface area (Å²) in [5.74, 6) is -0.902. The molecule has 0 radical (unpaired) electrons. The molecular formula is C16H14ClFO2. The molecule has 0 bridgehead atoms. The second kappa shape index (κ2) is 5.63. The average molecular weight is 293 g/mol. The van der Waals surface area contributed by atoms with E-state index >= 15 is 0 Å². The number of aryl methyl sites for hydroxylation is 2. The minimum Gasteiger partial charge on any atom is -0.496 e. The first-order valence-corrected chi connectivity index (χ1v) is 6.47. The molecule has 0 N–H and O–H groups in total. The van der Waals surface area contributed by atoms with Gasteiger partial charge in [0.25, 0.3) is 0 Å². The maximum atomic E-state index is 13.9. The number of halogens is 2. The first kappa shape index (κ1) is 14.5. The van der Waals surface area contributed by atoms with E-state index in [1.807, 2.05) is 13.8 Å². The van der Waals surface area contributed by atoms with Crippen molar-refractivity contribution >= 4 is 17.4 Å². The van der Waals surface area contributed by atoms with Crippen LogP contribution in [-0.4, -0.2) is 12.9 Å². The Morgan fingerprint density at radius 1 is 1.20 bits per heavy atom. The van der Waals surface area contributed by atoms with Crippen LogP contribution in [0.2, 0.25) is 5.02 Å². The van der Waals surface area contributed by atoms with Crippen molar-refractivity contribution in [1.82, 2.24) is 0 Å². The zero-order chi connectivity index (χ0) is 14.9. The largest absolute Gasteiger partial charge is 0.496 e. The Morgan fingerprint density at radius 3 is 2.50 bits per heavy atom. The predicted molar refractivity (Wildman–Crippen MR) is 77.3 cm³/mol. The van der Waals surface area contributed by atoms with Crippen LogP contribution in [0.15, 0.2) is 30.3 Å². The van der Waals surface area contributed by atoms with E-state index in [-0.39, 0.29) is 16.9 Å². The molecule has 0 aliphatic rings. The van der Waals surface area contributed by atoms with Crippen LogP contribution in [0, 0.1) is 19.7 Å². The summed E-state index contributed by atoms with van der Waals surface area (Å²) >= 11 is 6.11. The third kappa shape index (κ3) is 2.54. The third-order valence-electron chi connectivity index (χ3n) is 3.25. The summed E-state index contributed by atoms with van der Waals surface area (Å²) in [6.45, 7) is 3.78. The maximum absolute atomic E-state index is 13.9. The van der Waals surface area contributed by atoms with Gasteiger partial charge in [0.1, 0.15) is 17.1 Å². The van der Waals surface area contributed by atoms with Crippen LogP contribution in [0.1, 0.15) is 27.0 Å². The van der Waals surface area contributed by atoms with Gasteiger partial charge in [0, 0.05) is 5.56 Å². The van der Waals surface area contributed by atoms with E-state index in [0.717, 1.165) is 11.1 Å². The molecule has 0 unspecified atom stereocenters. The fourth-order valence-electron chi connectivity index (χ4n) is 1.98. The van der Waals surface area contributed by atoms with E-state index in [2.05, 4.69) is 0 Å². The van der Waals surface area contributed by atoms with Crippen molar-refractivity contribution in [2.75, 3.05) is 7.11 Å². The van der Waals surface area contributed by atoms with Crippen LogP contribution in [0.5, 0.6) is 5.75 Å². The van der Waals surface area contributed by atoms with Gasteiger partial charge in [-0.2, -0.15) is 0 Å². The highest BCUT2D eigenvalue weighted by Crippen LogP contribution is 2.29. The summed E-state index contributed by atoms with van der Waals surface area (Å²) in [5.41, 5.74) is 2.08. The van der Waals surface area contributed by atoms with Crippen LogP contribution >= 0.6 is 11.6 Å². The molecule has 0 amide bonds. The minimum absolute atomic E-state index is 0.0971. The topological polar surface area (TPSA) is 26.3 Å². The van der Waals surface area contributed by atoms with E-state index in [0.29, 0.717) is 5.02 Å². The number of hydrogen-bond acceptors (Lipinski definition) is 2. The number of carbonyl (C=O) groups excluding carboxylic acids is 1. The molecule has 0 aliphatic heterocycles. The lowest BCUT2D eigenvalue weighted by atomic mass is 9.98. The van der Waals surface area contributed by atoms with Crippen molar-refractivity contribution in [2.45, 2.75) is 13.8 Å². The zero-order valence-corrected chi connectivity index (χ0v) is 12.2. The summed E-state index contributed by atoms with van der Waals surface area (Å²) in [5, 5.41) is 0.309. The molecule has 4 heteroatoms.